The fourth-order valence-corrected chi connectivity index (χ4v) is 3.53. The van der Waals surface area contributed by atoms with Gasteiger partial charge in [-0.2, -0.15) is 11.8 Å². The maximum Gasteiger partial charge on any atom is 0.0451 e. The highest BCUT2D eigenvalue weighted by Crippen LogP contribution is 2.34. The topological polar surface area (TPSA) is 29.3 Å². The number of thioether (sulfide) groups is 1. The molecule has 1 rings (SSSR count). The smallest absolute Gasteiger partial charge is 0.0451 e. The van der Waals surface area contributed by atoms with Crippen LogP contribution in [0.25, 0.3) is 0 Å². The molecular formula is C15H26N2S. The molecule has 0 saturated carbocycles. The molecular weight excluding hydrogens is 240 g/mol. The first kappa shape index (κ1) is 15.5. The average Bonchev–Trinajstić information content (AvgIpc) is 2.35. The van der Waals surface area contributed by atoms with Crippen LogP contribution >= 0.6 is 11.8 Å². The molecule has 0 aliphatic carbocycles. The minimum Gasteiger partial charge on any atom is -0.326 e. The van der Waals surface area contributed by atoms with Gasteiger partial charge in [0.25, 0.3) is 0 Å². The third-order valence-electron chi connectivity index (χ3n) is 3.19. The Balaban J connectivity index is 2.75. The van der Waals surface area contributed by atoms with Gasteiger partial charge in [0.2, 0.25) is 0 Å². The zero-order valence-corrected chi connectivity index (χ0v) is 12.8. The van der Waals surface area contributed by atoms with Crippen LogP contribution in [0.5, 0.6) is 0 Å². The second-order valence-corrected chi connectivity index (χ2v) is 6.27. The van der Waals surface area contributed by atoms with Gasteiger partial charge in [-0.1, -0.05) is 31.2 Å². The van der Waals surface area contributed by atoms with E-state index in [-0.39, 0.29) is 6.04 Å². The summed E-state index contributed by atoms with van der Waals surface area (Å²) < 4.78 is 0. The molecule has 1 aromatic carbocycles. The fourth-order valence-electron chi connectivity index (χ4n) is 1.93. The Morgan fingerprint density at radius 3 is 2.50 bits per heavy atom. The van der Waals surface area contributed by atoms with E-state index in [0.29, 0.717) is 5.25 Å². The highest BCUT2D eigenvalue weighted by Gasteiger charge is 2.20. The molecule has 1 aromatic rings. The van der Waals surface area contributed by atoms with Gasteiger partial charge in [0.05, 0.1) is 0 Å². The molecule has 18 heavy (non-hydrogen) atoms. The van der Waals surface area contributed by atoms with Gasteiger partial charge < -0.3 is 10.6 Å². The number of nitrogens with zero attached hydrogens (tertiary/aromatic N) is 1. The lowest BCUT2D eigenvalue weighted by Gasteiger charge is -2.25. The first-order valence-corrected chi connectivity index (χ1v) is 7.68. The molecule has 0 radical (unpaired) electrons. The summed E-state index contributed by atoms with van der Waals surface area (Å²) >= 11 is 1.98. The first-order valence-electron chi connectivity index (χ1n) is 6.63. The predicted molar refractivity (Wildman–Crippen MR) is 83.2 cm³/mol. The molecule has 0 spiro atoms. The van der Waals surface area contributed by atoms with E-state index < -0.39 is 0 Å². The van der Waals surface area contributed by atoms with Crippen molar-refractivity contribution in [3.8, 4) is 0 Å². The lowest BCUT2D eigenvalue weighted by Crippen LogP contribution is -2.27. The number of benzene rings is 1. The van der Waals surface area contributed by atoms with Crippen LogP contribution in [0.2, 0.25) is 0 Å². The summed E-state index contributed by atoms with van der Waals surface area (Å²) in [5.74, 6) is 1.12. The Morgan fingerprint density at radius 2 is 1.94 bits per heavy atom. The monoisotopic (exact) mass is 266 g/mol. The highest BCUT2D eigenvalue weighted by molar-refractivity contribution is 7.99. The van der Waals surface area contributed by atoms with Crippen LogP contribution in [0.15, 0.2) is 24.3 Å². The summed E-state index contributed by atoms with van der Waals surface area (Å²) in [6, 6.07) is 8.84. The Bertz CT molecular complexity index is 352. The van der Waals surface area contributed by atoms with Gasteiger partial charge in [-0.15, -0.1) is 0 Å². The second kappa shape index (κ2) is 7.82. The van der Waals surface area contributed by atoms with E-state index in [9.17, 15) is 0 Å². The standard InChI is InChI=1S/C15H26N2S/c1-5-14(16)15(18-11-10-17(3)4)13-9-7-6-8-12(13)2/h6-9,14-15H,5,10-11,16H2,1-4H3. The van der Waals surface area contributed by atoms with Crippen LogP contribution in [0.1, 0.15) is 29.7 Å². The van der Waals surface area contributed by atoms with Gasteiger partial charge >= 0.3 is 0 Å². The van der Waals surface area contributed by atoms with Crippen molar-refractivity contribution in [3.05, 3.63) is 35.4 Å². The van der Waals surface area contributed by atoms with E-state index in [1.807, 2.05) is 11.8 Å². The molecule has 0 aliphatic rings. The zero-order chi connectivity index (χ0) is 13.5. The van der Waals surface area contributed by atoms with Gasteiger partial charge in [0.15, 0.2) is 0 Å². The molecule has 0 fully saturated rings. The van der Waals surface area contributed by atoms with Crippen molar-refractivity contribution in [1.29, 1.82) is 0 Å². The van der Waals surface area contributed by atoms with Crippen LogP contribution in [0.3, 0.4) is 0 Å². The van der Waals surface area contributed by atoms with E-state index in [1.165, 1.54) is 11.1 Å². The summed E-state index contributed by atoms with van der Waals surface area (Å²) in [5, 5.41) is 0.413. The van der Waals surface area contributed by atoms with E-state index in [0.717, 1.165) is 18.7 Å². The summed E-state index contributed by atoms with van der Waals surface area (Å²) in [7, 11) is 4.23. The Kier molecular flexibility index (Phi) is 6.76. The molecule has 2 nitrogen and oxygen atoms in total. The van der Waals surface area contributed by atoms with E-state index >= 15 is 0 Å². The molecule has 3 heteroatoms. The van der Waals surface area contributed by atoms with Crippen LogP contribution in [-0.2, 0) is 0 Å². The molecule has 2 N–H and O–H groups in total. The summed E-state index contributed by atoms with van der Waals surface area (Å²) in [6.45, 7) is 5.45. The maximum absolute atomic E-state index is 6.30. The third kappa shape index (κ3) is 4.63. The lowest BCUT2D eigenvalue weighted by atomic mass is 10.00. The molecule has 2 atom stereocenters. The van der Waals surface area contributed by atoms with Crippen molar-refractivity contribution in [2.24, 2.45) is 5.73 Å². The van der Waals surface area contributed by atoms with Crippen molar-refractivity contribution in [1.82, 2.24) is 4.90 Å². The molecule has 0 amide bonds. The van der Waals surface area contributed by atoms with Crippen molar-refractivity contribution in [2.45, 2.75) is 31.6 Å². The number of nitrogens with two attached hydrogens (primary N) is 1. The largest absolute Gasteiger partial charge is 0.326 e. The maximum atomic E-state index is 6.30. The quantitative estimate of drug-likeness (QED) is 0.822. The van der Waals surface area contributed by atoms with Gasteiger partial charge in [0, 0.05) is 23.6 Å². The number of rotatable bonds is 7. The molecule has 0 heterocycles. The Labute approximate surface area is 116 Å². The zero-order valence-electron chi connectivity index (χ0n) is 12.0. The fraction of sp³-hybridized carbons (Fsp3) is 0.600. The first-order chi connectivity index (χ1) is 8.56. The minimum atomic E-state index is 0.235. The van der Waals surface area contributed by atoms with Gasteiger partial charge in [0.1, 0.15) is 0 Å². The molecule has 0 aromatic heterocycles. The van der Waals surface area contributed by atoms with Crippen molar-refractivity contribution in [3.63, 3.8) is 0 Å². The Morgan fingerprint density at radius 1 is 1.28 bits per heavy atom. The number of hydrogen-bond donors (Lipinski definition) is 1. The highest BCUT2D eigenvalue weighted by atomic mass is 32.2. The van der Waals surface area contributed by atoms with Gasteiger partial charge in [-0.05, 0) is 38.6 Å². The summed E-state index contributed by atoms with van der Waals surface area (Å²) in [6.07, 6.45) is 1.02. The molecule has 102 valence electrons. The molecule has 2 unspecified atom stereocenters. The van der Waals surface area contributed by atoms with Crippen molar-refractivity contribution >= 4 is 11.8 Å². The minimum absolute atomic E-state index is 0.235. The summed E-state index contributed by atoms with van der Waals surface area (Å²) in [5.41, 5.74) is 9.05. The second-order valence-electron chi connectivity index (χ2n) is 5.02. The molecule has 0 bridgehead atoms. The third-order valence-corrected chi connectivity index (χ3v) is 4.57. The molecule has 0 aliphatic heterocycles. The SMILES string of the molecule is CCC(N)C(SCCN(C)C)c1ccccc1C. The van der Waals surface area contributed by atoms with Crippen molar-refractivity contribution < 1.29 is 0 Å². The number of aryl methyl sites for hydroxylation is 1. The van der Waals surface area contributed by atoms with Crippen LogP contribution in [0.4, 0.5) is 0 Å². The van der Waals surface area contributed by atoms with Crippen LogP contribution < -0.4 is 5.73 Å². The lowest BCUT2D eigenvalue weighted by molar-refractivity contribution is 0.437. The average molecular weight is 266 g/mol. The van der Waals surface area contributed by atoms with Crippen LogP contribution in [-0.4, -0.2) is 37.3 Å². The summed E-state index contributed by atoms with van der Waals surface area (Å²) in [4.78, 5) is 2.22. The van der Waals surface area contributed by atoms with E-state index in [4.69, 9.17) is 5.73 Å². The van der Waals surface area contributed by atoms with Gasteiger partial charge in [-0.25, -0.2) is 0 Å². The predicted octanol–water partition coefficient (Wildman–Crippen LogP) is 3.07. The molecule has 0 saturated heterocycles. The Hall–Kier alpha value is -0.510. The van der Waals surface area contributed by atoms with Crippen molar-refractivity contribution in [2.75, 3.05) is 26.4 Å². The van der Waals surface area contributed by atoms with Crippen LogP contribution in [0, 0.1) is 6.92 Å². The number of hydrogen-bond acceptors (Lipinski definition) is 3. The normalized spacial score (nSPS) is 14.8. The van der Waals surface area contributed by atoms with E-state index in [2.05, 4.69) is 57.1 Å². The van der Waals surface area contributed by atoms with Gasteiger partial charge in [-0.3, -0.25) is 0 Å². The van der Waals surface area contributed by atoms with E-state index in [1.54, 1.807) is 0 Å².